The molecule has 2 rings (SSSR count). The van der Waals surface area contributed by atoms with Gasteiger partial charge in [-0.15, -0.1) is 0 Å². The molecule has 1 aromatic carbocycles. The Labute approximate surface area is 148 Å². The summed E-state index contributed by atoms with van der Waals surface area (Å²) in [6.45, 7) is 4.24. The van der Waals surface area contributed by atoms with Crippen molar-refractivity contribution in [1.29, 1.82) is 0 Å². The Morgan fingerprint density at radius 2 is 1.88 bits per heavy atom. The second-order valence-electron chi connectivity index (χ2n) is 6.55. The zero-order valence-corrected chi connectivity index (χ0v) is 15.5. The molecule has 1 saturated heterocycles. The van der Waals surface area contributed by atoms with Crippen LogP contribution in [0.3, 0.4) is 0 Å². The van der Waals surface area contributed by atoms with Gasteiger partial charge in [-0.3, -0.25) is 4.79 Å². The van der Waals surface area contributed by atoms with E-state index in [4.69, 9.17) is 0 Å². The van der Waals surface area contributed by atoms with E-state index in [9.17, 15) is 22.0 Å². The summed E-state index contributed by atoms with van der Waals surface area (Å²) < 4.78 is 50.6. The maximum atomic E-state index is 14.2. The van der Waals surface area contributed by atoms with Crippen molar-refractivity contribution in [2.45, 2.75) is 45.6 Å². The van der Waals surface area contributed by atoms with Crippen LogP contribution in [0, 0.1) is 17.6 Å². The van der Waals surface area contributed by atoms with E-state index < -0.39 is 27.5 Å². The molecule has 0 bridgehead atoms. The molecule has 1 aromatic rings. The predicted molar refractivity (Wildman–Crippen MR) is 92.8 cm³/mol. The SMILES string of the molecule is CCCN(C(=O)C1CCS(=O)(=O)CC1)C(CC)c1ccc(F)cc1F. The Balaban J connectivity index is 2.26. The van der Waals surface area contributed by atoms with Crippen LogP contribution < -0.4 is 0 Å². The number of amides is 1. The standard InChI is InChI=1S/C18H25F2NO3S/c1-3-9-21(18(22)13-7-10-25(23,24)11-8-13)17(4-2)15-6-5-14(19)12-16(15)20/h5-6,12-13,17H,3-4,7-11H2,1-2H3. The highest BCUT2D eigenvalue weighted by atomic mass is 32.2. The molecule has 25 heavy (non-hydrogen) atoms. The topological polar surface area (TPSA) is 54.5 Å². The maximum Gasteiger partial charge on any atom is 0.226 e. The molecule has 1 heterocycles. The highest BCUT2D eigenvalue weighted by molar-refractivity contribution is 7.91. The first-order chi connectivity index (χ1) is 11.8. The smallest absolute Gasteiger partial charge is 0.226 e. The van der Waals surface area contributed by atoms with E-state index in [-0.39, 0.29) is 23.3 Å². The lowest BCUT2D eigenvalue weighted by molar-refractivity contribution is -0.138. The van der Waals surface area contributed by atoms with Gasteiger partial charge in [0, 0.05) is 24.1 Å². The van der Waals surface area contributed by atoms with Gasteiger partial charge in [0.15, 0.2) is 0 Å². The highest BCUT2D eigenvalue weighted by Gasteiger charge is 2.34. The van der Waals surface area contributed by atoms with Crippen LogP contribution in [0.4, 0.5) is 8.78 Å². The maximum absolute atomic E-state index is 14.2. The molecule has 1 unspecified atom stereocenters. The quantitative estimate of drug-likeness (QED) is 0.767. The van der Waals surface area contributed by atoms with E-state index in [0.29, 0.717) is 37.8 Å². The van der Waals surface area contributed by atoms with Crippen LogP contribution in [0.25, 0.3) is 0 Å². The van der Waals surface area contributed by atoms with Crippen molar-refractivity contribution in [2.75, 3.05) is 18.1 Å². The number of halogens is 2. The normalized spacial score (nSPS) is 18.7. The fourth-order valence-electron chi connectivity index (χ4n) is 3.41. The van der Waals surface area contributed by atoms with Gasteiger partial charge in [0.1, 0.15) is 21.5 Å². The average molecular weight is 373 g/mol. The lowest BCUT2D eigenvalue weighted by Gasteiger charge is -2.35. The molecule has 4 nitrogen and oxygen atoms in total. The van der Waals surface area contributed by atoms with Gasteiger partial charge in [0.25, 0.3) is 0 Å². The van der Waals surface area contributed by atoms with Gasteiger partial charge >= 0.3 is 0 Å². The Hall–Kier alpha value is -1.50. The highest BCUT2D eigenvalue weighted by Crippen LogP contribution is 2.31. The fraction of sp³-hybridized carbons (Fsp3) is 0.611. The van der Waals surface area contributed by atoms with Crippen LogP contribution in [-0.4, -0.2) is 37.3 Å². The molecule has 0 aromatic heterocycles. The summed E-state index contributed by atoms with van der Waals surface area (Å²) in [6.07, 6.45) is 1.82. The summed E-state index contributed by atoms with van der Waals surface area (Å²) in [5.74, 6) is -1.76. The predicted octanol–water partition coefficient (Wildman–Crippen LogP) is 3.48. The Bertz CT molecular complexity index is 707. The van der Waals surface area contributed by atoms with Crippen LogP contribution in [0.2, 0.25) is 0 Å². The zero-order valence-electron chi connectivity index (χ0n) is 14.7. The van der Waals surface area contributed by atoms with Crippen molar-refractivity contribution in [3.8, 4) is 0 Å². The number of sulfone groups is 1. The summed E-state index contributed by atoms with van der Waals surface area (Å²) in [6, 6.07) is 2.94. The van der Waals surface area contributed by atoms with Crippen molar-refractivity contribution in [3.05, 3.63) is 35.4 Å². The molecule has 0 radical (unpaired) electrons. The molecule has 1 amide bonds. The third-order valence-corrected chi connectivity index (χ3v) is 6.45. The third-order valence-electron chi connectivity index (χ3n) is 4.74. The largest absolute Gasteiger partial charge is 0.335 e. The number of nitrogens with zero attached hydrogens (tertiary/aromatic N) is 1. The van der Waals surface area contributed by atoms with Crippen LogP contribution in [0.15, 0.2) is 18.2 Å². The van der Waals surface area contributed by atoms with E-state index in [1.807, 2.05) is 13.8 Å². The molecule has 0 N–H and O–H groups in total. The number of hydrogen-bond acceptors (Lipinski definition) is 3. The molecule has 1 aliphatic heterocycles. The van der Waals surface area contributed by atoms with Crippen molar-refractivity contribution in [2.24, 2.45) is 5.92 Å². The molecular formula is C18H25F2NO3S. The number of rotatable bonds is 6. The molecule has 0 saturated carbocycles. The van der Waals surface area contributed by atoms with Crippen LogP contribution in [0.1, 0.15) is 51.1 Å². The molecule has 0 spiro atoms. The first-order valence-electron chi connectivity index (χ1n) is 8.75. The third kappa shape index (κ3) is 4.77. The van der Waals surface area contributed by atoms with Crippen LogP contribution >= 0.6 is 0 Å². The Kier molecular flexibility index (Phi) is 6.54. The Morgan fingerprint density at radius 3 is 2.40 bits per heavy atom. The van der Waals surface area contributed by atoms with Crippen LogP contribution in [0.5, 0.6) is 0 Å². The van der Waals surface area contributed by atoms with E-state index >= 15 is 0 Å². The fourth-order valence-corrected chi connectivity index (χ4v) is 4.90. The molecule has 1 aliphatic rings. The zero-order chi connectivity index (χ0) is 18.6. The van der Waals surface area contributed by atoms with Gasteiger partial charge < -0.3 is 4.90 Å². The summed E-state index contributed by atoms with van der Waals surface area (Å²) >= 11 is 0. The van der Waals surface area contributed by atoms with Crippen LogP contribution in [-0.2, 0) is 14.6 Å². The number of benzene rings is 1. The van der Waals surface area contributed by atoms with Crippen molar-refractivity contribution < 1.29 is 22.0 Å². The summed E-state index contributed by atoms with van der Waals surface area (Å²) in [7, 11) is -3.05. The van der Waals surface area contributed by atoms with E-state index in [2.05, 4.69) is 0 Å². The summed E-state index contributed by atoms with van der Waals surface area (Å²) in [4.78, 5) is 14.6. The lowest BCUT2D eigenvalue weighted by atomic mass is 9.96. The second kappa shape index (κ2) is 8.25. The summed E-state index contributed by atoms with van der Waals surface area (Å²) in [5.41, 5.74) is 0.300. The van der Waals surface area contributed by atoms with Crippen molar-refractivity contribution in [1.82, 2.24) is 4.90 Å². The van der Waals surface area contributed by atoms with Gasteiger partial charge in [-0.2, -0.15) is 0 Å². The minimum Gasteiger partial charge on any atom is -0.335 e. The molecule has 0 aliphatic carbocycles. The number of carbonyl (C=O) groups excluding carboxylic acids is 1. The van der Waals surface area contributed by atoms with Crippen molar-refractivity contribution in [3.63, 3.8) is 0 Å². The van der Waals surface area contributed by atoms with Crippen molar-refractivity contribution >= 4 is 15.7 Å². The van der Waals surface area contributed by atoms with Gasteiger partial charge in [-0.25, -0.2) is 17.2 Å². The minimum absolute atomic E-state index is 0.0189. The minimum atomic E-state index is -3.05. The van der Waals surface area contributed by atoms with Gasteiger partial charge in [-0.1, -0.05) is 19.9 Å². The number of carbonyl (C=O) groups is 1. The molecule has 1 fully saturated rings. The lowest BCUT2D eigenvalue weighted by Crippen LogP contribution is -2.42. The first-order valence-corrected chi connectivity index (χ1v) is 10.6. The van der Waals surface area contributed by atoms with Gasteiger partial charge in [0.2, 0.25) is 5.91 Å². The first kappa shape index (κ1) is 19.8. The molecule has 1 atom stereocenters. The molecule has 140 valence electrons. The van der Waals surface area contributed by atoms with Gasteiger partial charge in [-0.05, 0) is 31.7 Å². The molecular weight excluding hydrogens is 348 g/mol. The number of hydrogen-bond donors (Lipinski definition) is 0. The summed E-state index contributed by atoms with van der Waals surface area (Å²) in [5, 5.41) is 0. The molecule has 7 heteroatoms. The monoisotopic (exact) mass is 373 g/mol. The van der Waals surface area contributed by atoms with E-state index in [1.165, 1.54) is 12.1 Å². The Morgan fingerprint density at radius 1 is 1.24 bits per heavy atom. The second-order valence-corrected chi connectivity index (χ2v) is 8.85. The van der Waals surface area contributed by atoms with Gasteiger partial charge in [0.05, 0.1) is 17.5 Å². The average Bonchev–Trinajstić information content (AvgIpc) is 2.55. The van der Waals surface area contributed by atoms with E-state index in [0.717, 1.165) is 6.07 Å². The van der Waals surface area contributed by atoms with E-state index in [1.54, 1.807) is 4.90 Å².